The fourth-order valence-corrected chi connectivity index (χ4v) is 4.42. The van der Waals surface area contributed by atoms with E-state index in [4.69, 9.17) is 21.5 Å². The molecule has 0 amide bonds. The highest BCUT2D eigenvalue weighted by molar-refractivity contribution is 5.80. The lowest BCUT2D eigenvalue weighted by atomic mass is 9.96. The summed E-state index contributed by atoms with van der Waals surface area (Å²) in [6.45, 7) is 7.44. The molecule has 0 unspecified atom stereocenters. The Balaban J connectivity index is 1.59. The monoisotopic (exact) mass is 486 g/mol. The van der Waals surface area contributed by atoms with Crippen LogP contribution in [-0.2, 0) is 0 Å². The van der Waals surface area contributed by atoms with Gasteiger partial charge in [0.1, 0.15) is 0 Å². The van der Waals surface area contributed by atoms with Crippen molar-refractivity contribution < 1.29 is 0 Å². The Bertz CT molecular complexity index is 1700. The normalized spacial score (nSPS) is 10.6. The minimum atomic E-state index is 0.533. The Morgan fingerprint density at radius 1 is 0.368 bits per heavy atom. The first-order valence-corrected chi connectivity index (χ1v) is 12.3. The van der Waals surface area contributed by atoms with E-state index >= 15 is 0 Å². The maximum absolute atomic E-state index is 7.44. The van der Waals surface area contributed by atoms with Crippen LogP contribution in [0.3, 0.4) is 0 Å². The lowest BCUT2D eigenvalue weighted by molar-refractivity contribution is 1.07. The maximum atomic E-state index is 7.44. The zero-order valence-corrected chi connectivity index (χ0v) is 20.5. The number of hydrogen-bond acceptors (Lipinski definition) is 3. The number of hydrogen-bond donors (Lipinski definition) is 0. The summed E-state index contributed by atoms with van der Waals surface area (Å²) in [7, 11) is 0. The van der Waals surface area contributed by atoms with Crippen molar-refractivity contribution in [2.45, 2.75) is 0 Å². The van der Waals surface area contributed by atoms with Crippen molar-refractivity contribution in [1.29, 1.82) is 0 Å². The molecule has 0 N–H and O–H groups in total. The summed E-state index contributed by atoms with van der Waals surface area (Å²) in [5.41, 5.74) is 7.53. The second-order valence-electron chi connectivity index (χ2n) is 8.87. The van der Waals surface area contributed by atoms with Crippen molar-refractivity contribution in [3.05, 3.63) is 145 Å². The van der Waals surface area contributed by atoms with Gasteiger partial charge in [-0.1, -0.05) is 109 Å². The van der Waals surface area contributed by atoms with Crippen molar-refractivity contribution in [3.63, 3.8) is 0 Å². The van der Waals surface area contributed by atoms with Crippen LogP contribution in [0.15, 0.2) is 133 Å². The molecule has 4 heteroatoms. The molecule has 0 aliphatic heterocycles. The summed E-state index contributed by atoms with van der Waals surface area (Å²) in [4.78, 5) is 18.2. The van der Waals surface area contributed by atoms with Gasteiger partial charge in [0.2, 0.25) is 0 Å². The van der Waals surface area contributed by atoms with Crippen LogP contribution in [0.25, 0.3) is 61.3 Å². The molecule has 6 rings (SSSR count). The van der Waals surface area contributed by atoms with Crippen molar-refractivity contribution in [2.24, 2.45) is 0 Å². The Morgan fingerprint density at radius 3 is 1.32 bits per heavy atom. The molecule has 0 radical (unpaired) electrons. The molecule has 0 aliphatic rings. The maximum Gasteiger partial charge on any atom is 0.187 e. The van der Waals surface area contributed by atoms with E-state index in [0.29, 0.717) is 23.2 Å². The van der Waals surface area contributed by atoms with Gasteiger partial charge < -0.3 is 0 Å². The van der Waals surface area contributed by atoms with Gasteiger partial charge in [-0.15, -0.1) is 0 Å². The molecular weight excluding hydrogens is 464 g/mol. The van der Waals surface area contributed by atoms with E-state index in [1.54, 1.807) is 6.07 Å². The molecule has 5 aromatic carbocycles. The lowest BCUT2D eigenvalue weighted by Crippen LogP contribution is -2.00. The molecule has 1 heterocycles. The predicted octanol–water partition coefficient (Wildman–Crippen LogP) is 8.76. The van der Waals surface area contributed by atoms with Gasteiger partial charge in [0.05, 0.1) is 6.57 Å². The molecule has 0 atom stereocenters. The summed E-state index contributed by atoms with van der Waals surface area (Å²) in [6, 6.07) is 44.4. The van der Waals surface area contributed by atoms with Crippen LogP contribution < -0.4 is 0 Å². The summed E-state index contributed by atoms with van der Waals surface area (Å²) < 4.78 is 0. The van der Waals surface area contributed by atoms with Gasteiger partial charge in [-0.2, -0.15) is 0 Å². The fourth-order valence-electron chi connectivity index (χ4n) is 4.42. The first-order chi connectivity index (χ1) is 18.8. The molecule has 0 spiro atoms. The molecule has 0 saturated carbocycles. The average Bonchev–Trinajstić information content (AvgIpc) is 3.02. The molecule has 4 nitrogen and oxygen atoms in total. The van der Waals surface area contributed by atoms with Crippen LogP contribution in [0, 0.1) is 6.57 Å². The number of benzene rings is 5. The SMILES string of the molecule is [C-]#[N+]c1cccc(-c2nc(-c3ccccc3)nc(-c3cc(-c4ccccc4)cc(-c4ccccc4)c3)n2)c1. The third-order valence-corrected chi connectivity index (χ3v) is 6.31. The van der Waals surface area contributed by atoms with Crippen molar-refractivity contribution in [2.75, 3.05) is 0 Å². The van der Waals surface area contributed by atoms with Crippen LogP contribution in [0.2, 0.25) is 0 Å². The topological polar surface area (TPSA) is 43.0 Å². The molecule has 0 fully saturated rings. The van der Waals surface area contributed by atoms with Crippen LogP contribution in [0.4, 0.5) is 5.69 Å². The zero-order chi connectivity index (χ0) is 25.7. The van der Waals surface area contributed by atoms with E-state index in [9.17, 15) is 0 Å². The molecule has 0 aliphatic carbocycles. The summed E-state index contributed by atoms with van der Waals surface area (Å²) >= 11 is 0. The van der Waals surface area contributed by atoms with Gasteiger partial charge in [-0.3, -0.25) is 0 Å². The van der Waals surface area contributed by atoms with Crippen molar-refractivity contribution in [1.82, 2.24) is 15.0 Å². The van der Waals surface area contributed by atoms with Crippen LogP contribution in [-0.4, -0.2) is 15.0 Å². The van der Waals surface area contributed by atoms with E-state index in [1.807, 2.05) is 84.9 Å². The van der Waals surface area contributed by atoms with E-state index in [-0.39, 0.29) is 0 Å². The standard InChI is InChI=1S/C34H22N4/c1-35-31-19-11-18-27(23-31)33-36-32(26-16-9-4-10-17-26)37-34(38-33)30-21-28(24-12-5-2-6-13-24)20-29(22-30)25-14-7-3-8-15-25/h2-23H. The van der Waals surface area contributed by atoms with Gasteiger partial charge in [0.25, 0.3) is 0 Å². The van der Waals surface area contributed by atoms with Gasteiger partial charge in [-0.05, 0) is 46.5 Å². The highest BCUT2D eigenvalue weighted by Crippen LogP contribution is 2.33. The Labute approximate surface area is 221 Å². The highest BCUT2D eigenvalue weighted by Gasteiger charge is 2.15. The Morgan fingerprint density at radius 2 is 0.789 bits per heavy atom. The summed E-state index contributed by atoms with van der Waals surface area (Å²) in [6.07, 6.45) is 0. The van der Waals surface area contributed by atoms with E-state index in [1.165, 1.54) is 0 Å². The van der Waals surface area contributed by atoms with E-state index in [2.05, 4.69) is 47.3 Å². The lowest BCUT2D eigenvalue weighted by Gasteiger charge is -2.12. The van der Waals surface area contributed by atoms with Gasteiger partial charge in [0.15, 0.2) is 23.2 Å². The Hall–Kier alpha value is -5.40. The smallest absolute Gasteiger partial charge is 0.187 e. The minimum Gasteiger partial charge on any atom is -0.238 e. The molecule has 6 aromatic rings. The molecule has 178 valence electrons. The number of rotatable bonds is 5. The van der Waals surface area contributed by atoms with Gasteiger partial charge >= 0.3 is 0 Å². The highest BCUT2D eigenvalue weighted by atomic mass is 15.0. The average molecular weight is 487 g/mol. The van der Waals surface area contributed by atoms with Crippen LogP contribution >= 0.6 is 0 Å². The van der Waals surface area contributed by atoms with Gasteiger partial charge in [0, 0.05) is 16.7 Å². The first-order valence-electron chi connectivity index (χ1n) is 12.3. The van der Waals surface area contributed by atoms with E-state index < -0.39 is 0 Å². The number of aromatic nitrogens is 3. The summed E-state index contributed by atoms with van der Waals surface area (Å²) in [5, 5.41) is 0. The third-order valence-electron chi connectivity index (χ3n) is 6.31. The second-order valence-corrected chi connectivity index (χ2v) is 8.87. The molecule has 0 bridgehead atoms. The first kappa shape index (κ1) is 23.0. The summed E-state index contributed by atoms with van der Waals surface area (Å²) in [5.74, 6) is 1.70. The van der Waals surface area contributed by atoms with E-state index in [0.717, 1.165) is 38.9 Å². The van der Waals surface area contributed by atoms with Crippen LogP contribution in [0.1, 0.15) is 0 Å². The molecule has 38 heavy (non-hydrogen) atoms. The zero-order valence-electron chi connectivity index (χ0n) is 20.5. The van der Waals surface area contributed by atoms with Gasteiger partial charge in [-0.25, -0.2) is 19.8 Å². The molecular formula is C34H22N4. The molecule has 0 saturated heterocycles. The molecule has 1 aromatic heterocycles. The largest absolute Gasteiger partial charge is 0.238 e. The van der Waals surface area contributed by atoms with Crippen LogP contribution in [0.5, 0.6) is 0 Å². The van der Waals surface area contributed by atoms with Crippen molar-refractivity contribution >= 4 is 5.69 Å². The quantitative estimate of drug-likeness (QED) is 0.229. The van der Waals surface area contributed by atoms with Crippen molar-refractivity contribution in [3.8, 4) is 56.4 Å². The minimum absolute atomic E-state index is 0.533. The second kappa shape index (κ2) is 10.3. The predicted molar refractivity (Wildman–Crippen MR) is 153 cm³/mol. The third kappa shape index (κ3) is 4.82. The number of nitrogens with zero attached hydrogens (tertiary/aromatic N) is 4. The fraction of sp³-hybridized carbons (Fsp3) is 0. The Kier molecular flexibility index (Phi) is 6.24.